The molecule has 1 aromatic carbocycles. The van der Waals surface area contributed by atoms with Gasteiger partial charge in [-0.25, -0.2) is 0 Å². The molecule has 0 saturated carbocycles. The molecule has 0 unspecified atom stereocenters. The Bertz CT molecular complexity index is 470. The molecular weight excluding hydrogens is 301 g/mol. The van der Waals surface area contributed by atoms with Crippen molar-refractivity contribution in [2.75, 3.05) is 26.2 Å². The summed E-state index contributed by atoms with van der Waals surface area (Å²) < 4.78 is 39.0. The van der Waals surface area contributed by atoms with Crippen LogP contribution < -0.4 is 5.32 Å². The van der Waals surface area contributed by atoms with E-state index in [1.165, 1.54) is 6.07 Å². The molecule has 1 heterocycles. The minimum Gasteiger partial charge on any atom is -0.314 e. The molecular formula is C15H20ClF3N2. The topological polar surface area (TPSA) is 15.3 Å². The van der Waals surface area contributed by atoms with Crippen molar-refractivity contribution in [3.8, 4) is 0 Å². The molecule has 0 spiro atoms. The van der Waals surface area contributed by atoms with Gasteiger partial charge in [0.2, 0.25) is 0 Å². The molecule has 0 bridgehead atoms. The lowest BCUT2D eigenvalue weighted by Gasteiger charge is -2.36. The summed E-state index contributed by atoms with van der Waals surface area (Å²) in [6, 6.07) is 4.17. The number of halogens is 4. The summed E-state index contributed by atoms with van der Waals surface area (Å²) in [6.07, 6.45) is -2.70. The first kappa shape index (κ1) is 16.6. The predicted octanol–water partition coefficient (Wildman–Crippen LogP) is 4.11. The molecule has 1 aliphatic rings. The SMILES string of the molecule is CCC[C@H](c1cccc(C(F)(F)F)c1Cl)N1CCNCC1. The molecule has 1 atom stereocenters. The fourth-order valence-corrected chi connectivity index (χ4v) is 3.19. The third kappa shape index (κ3) is 3.90. The van der Waals surface area contributed by atoms with E-state index < -0.39 is 11.7 Å². The van der Waals surface area contributed by atoms with Crippen LogP contribution in [0, 0.1) is 0 Å². The Labute approximate surface area is 128 Å². The number of benzene rings is 1. The van der Waals surface area contributed by atoms with Crippen LogP contribution in [0.3, 0.4) is 0 Å². The van der Waals surface area contributed by atoms with Gasteiger partial charge in [0.1, 0.15) is 0 Å². The van der Waals surface area contributed by atoms with Crippen molar-refractivity contribution < 1.29 is 13.2 Å². The Morgan fingerprint density at radius 3 is 2.52 bits per heavy atom. The van der Waals surface area contributed by atoms with E-state index in [-0.39, 0.29) is 11.1 Å². The Hall–Kier alpha value is -0.780. The maximum atomic E-state index is 13.0. The Morgan fingerprint density at radius 2 is 1.95 bits per heavy atom. The van der Waals surface area contributed by atoms with E-state index in [4.69, 9.17) is 11.6 Å². The molecule has 0 aromatic heterocycles. The third-order valence-electron chi connectivity index (χ3n) is 3.85. The quantitative estimate of drug-likeness (QED) is 0.898. The number of alkyl halides is 3. The zero-order valence-corrected chi connectivity index (χ0v) is 12.8. The Balaban J connectivity index is 2.36. The lowest BCUT2D eigenvalue weighted by molar-refractivity contribution is -0.137. The van der Waals surface area contributed by atoms with Crippen LogP contribution in [0.5, 0.6) is 0 Å². The van der Waals surface area contributed by atoms with Gasteiger partial charge < -0.3 is 5.32 Å². The summed E-state index contributed by atoms with van der Waals surface area (Å²) in [7, 11) is 0. The van der Waals surface area contributed by atoms with Crippen molar-refractivity contribution in [3.05, 3.63) is 34.3 Å². The number of nitrogens with one attached hydrogen (secondary N) is 1. The minimum absolute atomic E-state index is 0.0492. The van der Waals surface area contributed by atoms with Crippen LogP contribution in [0.15, 0.2) is 18.2 Å². The van der Waals surface area contributed by atoms with E-state index in [9.17, 15) is 13.2 Å². The zero-order chi connectivity index (χ0) is 15.5. The van der Waals surface area contributed by atoms with E-state index in [2.05, 4.69) is 10.2 Å². The fourth-order valence-electron chi connectivity index (χ4n) is 2.83. The van der Waals surface area contributed by atoms with Gasteiger partial charge in [0.25, 0.3) is 0 Å². The summed E-state index contributed by atoms with van der Waals surface area (Å²) in [4.78, 5) is 2.22. The van der Waals surface area contributed by atoms with Crippen LogP contribution in [0.25, 0.3) is 0 Å². The van der Waals surface area contributed by atoms with Crippen molar-refractivity contribution in [2.24, 2.45) is 0 Å². The van der Waals surface area contributed by atoms with Crippen LogP contribution in [-0.4, -0.2) is 31.1 Å². The van der Waals surface area contributed by atoms with Crippen LogP contribution in [0.1, 0.15) is 36.9 Å². The molecule has 1 N–H and O–H groups in total. The van der Waals surface area contributed by atoms with Gasteiger partial charge in [-0.3, -0.25) is 4.90 Å². The second-order valence-electron chi connectivity index (χ2n) is 5.30. The Kier molecular flexibility index (Phi) is 5.52. The first-order valence-corrected chi connectivity index (χ1v) is 7.63. The lowest BCUT2D eigenvalue weighted by Crippen LogP contribution is -2.45. The second-order valence-corrected chi connectivity index (χ2v) is 5.67. The summed E-state index contributed by atoms with van der Waals surface area (Å²) >= 11 is 6.08. The zero-order valence-electron chi connectivity index (χ0n) is 12.0. The highest BCUT2D eigenvalue weighted by Gasteiger charge is 2.35. The smallest absolute Gasteiger partial charge is 0.314 e. The maximum Gasteiger partial charge on any atom is 0.417 e. The highest BCUT2D eigenvalue weighted by Crippen LogP contribution is 2.40. The van der Waals surface area contributed by atoms with Crippen molar-refractivity contribution in [3.63, 3.8) is 0 Å². The molecule has 1 aliphatic heterocycles. The summed E-state index contributed by atoms with van der Waals surface area (Å²) in [5.74, 6) is 0. The molecule has 2 rings (SSSR count). The molecule has 0 radical (unpaired) electrons. The maximum absolute atomic E-state index is 13.0. The molecule has 118 valence electrons. The first-order valence-electron chi connectivity index (χ1n) is 7.25. The van der Waals surface area contributed by atoms with Gasteiger partial charge in [-0.15, -0.1) is 0 Å². The largest absolute Gasteiger partial charge is 0.417 e. The molecule has 1 fully saturated rings. The van der Waals surface area contributed by atoms with Crippen LogP contribution in [0.2, 0.25) is 5.02 Å². The lowest BCUT2D eigenvalue weighted by atomic mass is 9.97. The van der Waals surface area contributed by atoms with Crippen molar-refractivity contribution >= 4 is 11.6 Å². The van der Waals surface area contributed by atoms with E-state index >= 15 is 0 Å². The molecule has 6 heteroatoms. The number of hydrogen-bond acceptors (Lipinski definition) is 2. The first-order chi connectivity index (χ1) is 9.95. The Morgan fingerprint density at radius 1 is 1.29 bits per heavy atom. The fraction of sp³-hybridized carbons (Fsp3) is 0.600. The molecule has 0 amide bonds. The number of rotatable bonds is 4. The number of hydrogen-bond donors (Lipinski definition) is 1. The standard InChI is InChI=1S/C15H20ClF3N2/c1-2-4-13(21-9-7-20-8-10-21)11-5-3-6-12(14(11)16)15(17,18)19/h3,5-6,13,20H,2,4,7-10H2,1H3/t13-/m1/s1. The average Bonchev–Trinajstić information content (AvgIpc) is 2.45. The van der Waals surface area contributed by atoms with Gasteiger partial charge >= 0.3 is 6.18 Å². The highest BCUT2D eigenvalue weighted by molar-refractivity contribution is 6.32. The van der Waals surface area contributed by atoms with E-state index in [1.54, 1.807) is 6.07 Å². The molecule has 0 aliphatic carbocycles. The third-order valence-corrected chi connectivity index (χ3v) is 4.27. The molecule has 1 saturated heterocycles. The normalized spacial score (nSPS) is 18.7. The summed E-state index contributed by atoms with van der Waals surface area (Å²) in [5, 5.41) is 3.11. The predicted molar refractivity (Wildman–Crippen MR) is 78.5 cm³/mol. The van der Waals surface area contributed by atoms with Crippen LogP contribution >= 0.6 is 11.6 Å². The van der Waals surface area contributed by atoms with Gasteiger partial charge in [0, 0.05) is 32.2 Å². The molecule has 2 nitrogen and oxygen atoms in total. The van der Waals surface area contributed by atoms with Gasteiger partial charge in [0.15, 0.2) is 0 Å². The van der Waals surface area contributed by atoms with Crippen molar-refractivity contribution in [1.82, 2.24) is 10.2 Å². The number of nitrogens with zero attached hydrogens (tertiary/aromatic N) is 1. The molecule has 1 aromatic rings. The van der Waals surface area contributed by atoms with Gasteiger partial charge in [-0.05, 0) is 18.1 Å². The van der Waals surface area contributed by atoms with Crippen molar-refractivity contribution in [1.29, 1.82) is 0 Å². The van der Waals surface area contributed by atoms with Crippen LogP contribution in [0.4, 0.5) is 13.2 Å². The van der Waals surface area contributed by atoms with Gasteiger partial charge in [-0.1, -0.05) is 37.1 Å². The monoisotopic (exact) mass is 320 g/mol. The van der Waals surface area contributed by atoms with Gasteiger partial charge in [0.05, 0.1) is 10.6 Å². The van der Waals surface area contributed by atoms with E-state index in [0.717, 1.165) is 45.1 Å². The van der Waals surface area contributed by atoms with Crippen molar-refractivity contribution in [2.45, 2.75) is 32.0 Å². The number of piperazine rings is 1. The minimum atomic E-state index is -4.41. The van der Waals surface area contributed by atoms with Gasteiger partial charge in [-0.2, -0.15) is 13.2 Å². The van der Waals surface area contributed by atoms with Crippen LogP contribution in [-0.2, 0) is 6.18 Å². The molecule has 21 heavy (non-hydrogen) atoms. The van der Waals surface area contributed by atoms with E-state index in [0.29, 0.717) is 5.56 Å². The summed E-state index contributed by atoms with van der Waals surface area (Å²) in [5.41, 5.74) is -0.145. The van der Waals surface area contributed by atoms with E-state index in [1.807, 2.05) is 6.92 Å². The second kappa shape index (κ2) is 6.99. The average molecular weight is 321 g/mol. The summed E-state index contributed by atoms with van der Waals surface area (Å²) in [6.45, 7) is 5.42. The highest BCUT2D eigenvalue weighted by atomic mass is 35.5.